The number of aromatic amines is 2. The van der Waals surface area contributed by atoms with Crippen LogP contribution in [-0.2, 0) is 91.2 Å². The monoisotopic (exact) mass is 1960 g/mol. The molecule has 2 aromatic heterocycles. The van der Waals surface area contributed by atoms with E-state index in [2.05, 4.69) is 45.9 Å². The van der Waals surface area contributed by atoms with E-state index in [4.69, 9.17) is 57.7 Å². The number of aliphatic carboxylic acids is 1. The molecule has 10 aromatic rings. The molecule has 3 aliphatic carbocycles. The first-order chi connectivity index (χ1) is 69.3. The highest BCUT2D eigenvalue weighted by molar-refractivity contribution is 6.03. The predicted octanol–water partition coefficient (Wildman–Crippen LogP) is 16.6. The Labute approximate surface area is 820 Å². The number of amides is 7. The van der Waals surface area contributed by atoms with Crippen LogP contribution >= 0.6 is 0 Å². The highest BCUT2D eigenvalue weighted by Gasteiger charge is 2.57. The largest absolute Gasteiger partial charge is 0.479 e. The standard InChI is InChI=1S/C53H53F2N7O9.C44H45F2N5O6.C10H11NO4/c1-67-50(65)59-45(30-7-4-3-5-8-30)48(63)61-18-6-9-43(61)47-56-28-42(58-47)34-11-14-37-36-13-10-33(24-38(36)53(54,55)39(37)25-34)32-12-15-40-35(23-32)26-41(57-40)44-27-52(70-21-22-71-52)29-62(44)49(64)46(60-51(66)68-2)31-16-19-69-20-17-31;1-54-42(53)50-39(25-12-14-55-15-13-25)41(52)51-24-43(56-16-17-57-43)22-38(51)36-21-30-18-27(8-11-35(30)48-36)28-6-9-31-32-10-7-29(20-34(32)44(45,46)33(31)19-28)37-23-47-40(49-37)26-4-2-3-5-26;1-15-10(14)11-8(9(12)13)7-5-3-2-4-6-7/h3-5,7-8,10-15,23-25,28,31,43-46H,6,9,16-22,26-27,29H2,1-2H3,(H,56,58)(H,59,65)(H,60,66);6-11,18-20,23,25-26,38-39H,2-5,12-17,21-22,24H2,1H3,(H,47,49)(H,50,53);2-6,8H,1H3,(H,11,14)(H,12,13)/t43-,44-,45+,46-;38-,39-;8-/m001/s1. The van der Waals surface area contributed by atoms with E-state index in [-0.39, 0.29) is 64.9 Å². The van der Waals surface area contributed by atoms with Crippen LogP contribution in [0.4, 0.5) is 48.1 Å². The molecule has 744 valence electrons. The molecule has 0 unspecified atom stereocenters. The minimum Gasteiger partial charge on any atom is -0.479 e. The lowest BCUT2D eigenvalue weighted by Gasteiger charge is -2.34. The highest BCUT2D eigenvalue weighted by Crippen LogP contribution is 2.56. The normalized spacial score (nSPS) is 21.0. The Morgan fingerprint density at radius 2 is 0.790 bits per heavy atom. The Bertz CT molecular complexity index is 6610. The topological polar surface area (TPSA) is 389 Å². The number of carboxylic acid groups (broad SMARTS) is 1. The van der Waals surface area contributed by atoms with E-state index in [9.17, 15) is 38.4 Å². The summed E-state index contributed by atoms with van der Waals surface area (Å²) in [4.78, 5) is 133. The van der Waals surface area contributed by atoms with Crippen LogP contribution in [0.2, 0.25) is 0 Å². The zero-order valence-electron chi connectivity index (χ0n) is 79.2. The smallest absolute Gasteiger partial charge is 0.407 e. The van der Waals surface area contributed by atoms with E-state index in [1.807, 2.05) is 60.7 Å². The Balaban J connectivity index is 0.000000155. The average molecular weight is 1960 g/mol. The molecule has 0 radical (unpaired) electrons. The maximum absolute atomic E-state index is 16.8. The lowest BCUT2D eigenvalue weighted by molar-refractivity contribution is -0.154. The summed E-state index contributed by atoms with van der Waals surface area (Å²) in [7, 11) is 4.97. The Morgan fingerprint density at radius 1 is 0.413 bits per heavy atom. The summed E-state index contributed by atoms with van der Waals surface area (Å²) >= 11 is 0. The minimum absolute atomic E-state index is 0.000616. The van der Waals surface area contributed by atoms with Gasteiger partial charge in [-0.3, -0.25) is 24.4 Å². The number of hydrogen-bond acceptors (Lipinski definition) is 22. The second-order valence-corrected chi connectivity index (χ2v) is 38.0. The maximum atomic E-state index is 16.8. The molecule has 12 aliphatic rings. The van der Waals surface area contributed by atoms with Gasteiger partial charge in [-0.15, -0.1) is 0 Å². The van der Waals surface area contributed by atoms with Gasteiger partial charge in [-0.2, -0.15) is 17.6 Å². The van der Waals surface area contributed by atoms with Gasteiger partial charge in [-0.05, 0) is 178 Å². The molecular formula is C107H109F4N13O19. The minimum atomic E-state index is -3.32. The SMILES string of the molecule is COC(=O)N[C@@H](C(=O)O)c1ccccc1.COC(=O)N[C@H](C(=O)N1CC2(C[C@H]1C1=Nc3ccc(-c4ccc5c(c4)C(F)(F)c4cc(-c6cnc(C7CCCC7)[nH]6)ccc4-5)cc3C1)OCCO2)C1CCOCC1.COC(=O)N[C@H](C(=O)N1CC2(C[C@H]1C1=Nc3ccc(-c4ccc5c(c4)C(F)(F)c4cc(-c6cnc([C@@H]7CCCN7C(=O)[C@H](NC(=O)OC)c7ccccc7)[nH]6)ccc4-5)cc3C1)OCCO2)C1CCOCC1. The third kappa shape index (κ3) is 19.2. The number of benzene rings is 8. The van der Waals surface area contributed by atoms with Crippen molar-refractivity contribution in [1.29, 1.82) is 0 Å². The summed E-state index contributed by atoms with van der Waals surface area (Å²) in [6.45, 7) is 4.43. The van der Waals surface area contributed by atoms with Gasteiger partial charge in [-0.1, -0.05) is 134 Å². The fourth-order valence-corrected chi connectivity index (χ4v) is 22.3. The molecule has 36 heteroatoms. The van der Waals surface area contributed by atoms with Crippen LogP contribution in [0, 0.1) is 11.8 Å². The summed E-state index contributed by atoms with van der Waals surface area (Å²) in [5.41, 5.74) is 13.1. The summed E-state index contributed by atoms with van der Waals surface area (Å²) in [6, 6.07) is 44.6. The van der Waals surface area contributed by atoms with Crippen molar-refractivity contribution in [2.75, 3.05) is 101 Å². The number of rotatable bonds is 20. The predicted molar refractivity (Wildman–Crippen MR) is 515 cm³/mol. The number of ether oxygens (including phenoxy) is 10. The van der Waals surface area contributed by atoms with Crippen LogP contribution in [-0.4, -0.2) is 236 Å². The van der Waals surface area contributed by atoms with Crippen LogP contribution in [0.25, 0.3) is 67.0 Å². The van der Waals surface area contributed by atoms with Gasteiger partial charge in [0.25, 0.3) is 17.8 Å². The van der Waals surface area contributed by atoms with Gasteiger partial charge < -0.3 is 98.4 Å². The van der Waals surface area contributed by atoms with Gasteiger partial charge >= 0.3 is 30.3 Å². The number of hydrogen-bond donors (Lipinski definition) is 7. The van der Waals surface area contributed by atoms with E-state index < -0.39 is 96.1 Å². The molecule has 7 atom stereocenters. The third-order valence-corrected chi connectivity index (χ3v) is 29.6. The van der Waals surface area contributed by atoms with Gasteiger partial charge in [-0.25, -0.2) is 33.9 Å². The molecule has 9 aliphatic heterocycles. The number of methoxy groups -OCH3 is 4. The van der Waals surface area contributed by atoms with Crippen LogP contribution in [0.3, 0.4) is 0 Å². The number of alkyl carbamates (subject to hydrolysis) is 4. The summed E-state index contributed by atoms with van der Waals surface area (Å²) < 4.78 is 121. The molecule has 7 saturated heterocycles. The third-order valence-electron chi connectivity index (χ3n) is 29.6. The van der Waals surface area contributed by atoms with E-state index >= 15 is 17.6 Å². The summed E-state index contributed by atoms with van der Waals surface area (Å²) in [6.07, 6.45) is 10.5. The molecule has 143 heavy (non-hydrogen) atoms. The number of imidazole rings is 2. The Hall–Kier alpha value is -14.0. The molecule has 8 fully saturated rings. The maximum Gasteiger partial charge on any atom is 0.407 e. The number of nitrogens with zero attached hydrogens (tertiary/aromatic N) is 7. The van der Waals surface area contributed by atoms with Crippen molar-refractivity contribution in [3.05, 3.63) is 238 Å². The molecule has 22 rings (SSSR count). The molecular weight excluding hydrogens is 1850 g/mol. The lowest BCUT2D eigenvalue weighted by Crippen LogP contribution is -2.55. The van der Waals surface area contributed by atoms with E-state index in [1.165, 1.54) is 47.3 Å². The molecule has 11 heterocycles. The first-order valence-electron chi connectivity index (χ1n) is 48.5. The number of aliphatic imine (C=N–C) groups is 2. The number of nitrogens with one attached hydrogen (secondary N) is 6. The van der Waals surface area contributed by atoms with E-state index in [0.29, 0.717) is 197 Å². The van der Waals surface area contributed by atoms with Crippen molar-refractivity contribution in [2.24, 2.45) is 21.8 Å². The molecule has 7 amide bonds. The number of likely N-dealkylation sites (tertiary alicyclic amines) is 3. The number of fused-ring (bicyclic) bond motifs is 8. The van der Waals surface area contributed by atoms with Gasteiger partial charge in [0.1, 0.15) is 29.8 Å². The lowest BCUT2D eigenvalue weighted by atomic mass is 9.90. The molecule has 1 saturated carbocycles. The van der Waals surface area contributed by atoms with Gasteiger partial charge in [0, 0.05) is 109 Å². The van der Waals surface area contributed by atoms with Crippen molar-refractivity contribution in [2.45, 2.75) is 162 Å². The Morgan fingerprint density at radius 3 is 1.22 bits per heavy atom. The quantitative estimate of drug-likeness (QED) is 0.0275. The van der Waals surface area contributed by atoms with Gasteiger partial charge in [0.05, 0.1) is 121 Å². The van der Waals surface area contributed by atoms with Crippen LogP contribution in [0.15, 0.2) is 192 Å². The number of carbonyl (C=O) groups excluding carboxylic acids is 7. The van der Waals surface area contributed by atoms with E-state index in [0.717, 1.165) is 69.4 Å². The number of aromatic nitrogens is 4. The molecule has 0 bridgehead atoms. The number of alkyl halides is 4. The Kier molecular flexibility index (Phi) is 27.2. The number of halogens is 4. The number of H-pyrrole nitrogens is 2. The van der Waals surface area contributed by atoms with Gasteiger partial charge in [0.15, 0.2) is 17.6 Å². The van der Waals surface area contributed by atoms with Crippen molar-refractivity contribution in [3.8, 4) is 67.0 Å². The summed E-state index contributed by atoms with van der Waals surface area (Å²) in [5.74, 6) is -8.82. The highest BCUT2D eigenvalue weighted by atomic mass is 19.3. The van der Waals surface area contributed by atoms with Crippen molar-refractivity contribution >= 4 is 70.9 Å². The van der Waals surface area contributed by atoms with Crippen molar-refractivity contribution < 1.29 is 108 Å². The second kappa shape index (κ2) is 40.4. The molecule has 2 spiro atoms. The molecule has 7 N–H and O–H groups in total. The fraction of sp³-hybridized carbons (Fsp3) is 0.402. The first-order valence-corrected chi connectivity index (χ1v) is 48.5. The zero-order chi connectivity index (χ0) is 99.2. The van der Waals surface area contributed by atoms with Crippen molar-refractivity contribution in [1.82, 2.24) is 55.9 Å². The van der Waals surface area contributed by atoms with Crippen LogP contribution in [0.5, 0.6) is 0 Å². The summed E-state index contributed by atoms with van der Waals surface area (Å²) in [5, 5.41) is 19.4. The first kappa shape index (κ1) is 96.5. The number of carbonyl (C=O) groups is 8. The van der Waals surface area contributed by atoms with Crippen LogP contribution < -0.4 is 21.3 Å². The van der Waals surface area contributed by atoms with Gasteiger partial charge in [0.2, 0.25) is 11.8 Å². The average Bonchev–Trinajstić information content (AvgIpc) is 1.57. The second-order valence-electron chi connectivity index (χ2n) is 38.0. The number of carboxylic acids is 1. The van der Waals surface area contributed by atoms with E-state index in [1.54, 1.807) is 130 Å². The molecule has 32 nitrogen and oxygen atoms in total. The van der Waals surface area contributed by atoms with Crippen molar-refractivity contribution in [3.63, 3.8) is 0 Å². The fourth-order valence-electron chi connectivity index (χ4n) is 22.3. The van der Waals surface area contributed by atoms with Crippen LogP contribution in [0.1, 0.15) is 157 Å². The molecule has 8 aromatic carbocycles. The zero-order valence-corrected chi connectivity index (χ0v) is 79.2.